The topological polar surface area (TPSA) is 70.6 Å². The van der Waals surface area contributed by atoms with Gasteiger partial charge in [-0.3, -0.25) is 0 Å². The third-order valence-corrected chi connectivity index (χ3v) is 4.89. The first-order chi connectivity index (χ1) is 10.5. The fourth-order valence-electron chi connectivity index (χ4n) is 2.35. The van der Waals surface area contributed by atoms with Gasteiger partial charge in [-0.1, -0.05) is 36.4 Å². The molecule has 2 N–H and O–H groups in total. The van der Waals surface area contributed by atoms with E-state index in [1.165, 1.54) is 0 Å². The maximum absolute atomic E-state index is 12.3. The van der Waals surface area contributed by atoms with E-state index in [0.29, 0.717) is 5.69 Å². The molecule has 0 radical (unpaired) electrons. The molecule has 114 valence electrons. The summed E-state index contributed by atoms with van der Waals surface area (Å²) >= 11 is 0. The van der Waals surface area contributed by atoms with Crippen LogP contribution in [0, 0.1) is 6.92 Å². The Balaban J connectivity index is 1.95. The molecule has 6 heteroatoms. The Morgan fingerprint density at radius 1 is 1.09 bits per heavy atom. The number of hydrogen-bond acceptors (Lipinski definition) is 3. The average molecular weight is 315 g/mol. The molecule has 1 heterocycles. The highest BCUT2D eigenvalue weighted by Gasteiger charge is 2.26. The number of aryl methyl sites for hydroxylation is 1. The summed E-state index contributed by atoms with van der Waals surface area (Å²) in [5, 5.41) is 3.04. The molecular formula is C16H17N3O2S. The van der Waals surface area contributed by atoms with E-state index >= 15 is 0 Å². The Morgan fingerprint density at radius 2 is 1.82 bits per heavy atom. The summed E-state index contributed by atoms with van der Waals surface area (Å²) in [5.74, 6) is 0.243. The second-order valence-electron chi connectivity index (χ2n) is 5.29. The number of nitrogens with zero attached hydrogens (tertiary/aromatic N) is 1. The Hall–Kier alpha value is -2.34. The van der Waals surface area contributed by atoms with E-state index in [1.807, 2.05) is 50.2 Å². The molecule has 1 atom stereocenters. The van der Waals surface area contributed by atoms with Gasteiger partial charge in [0.15, 0.2) is 0 Å². The van der Waals surface area contributed by atoms with Gasteiger partial charge in [0.25, 0.3) is 10.0 Å². The first kappa shape index (κ1) is 14.6. The lowest BCUT2D eigenvalue weighted by molar-refractivity contribution is 0.591. The monoisotopic (exact) mass is 315 g/mol. The number of anilines is 1. The van der Waals surface area contributed by atoms with Crippen molar-refractivity contribution in [3.8, 4) is 0 Å². The van der Waals surface area contributed by atoms with Crippen molar-refractivity contribution in [3.63, 3.8) is 0 Å². The summed E-state index contributed by atoms with van der Waals surface area (Å²) in [6, 6.07) is 14.8. The molecule has 5 nitrogen and oxygen atoms in total. The van der Waals surface area contributed by atoms with Gasteiger partial charge in [-0.25, -0.2) is 18.1 Å². The molecule has 1 unspecified atom stereocenters. The first-order valence-corrected chi connectivity index (χ1v) is 8.47. The van der Waals surface area contributed by atoms with Gasteiger partial charge in [0.2, 0.25) is 5.96 Å². The van der Waals surface area contributed by atoms with Crippen LogP contribution in [0.15, 0.2) is 58.4 Å². The zero-order valence-corrected chi connectivity index (χ0v) is 13.2. The minimum Gasteiger partial charge on any atom is -0.324 e. The van der Waals surface area contributed by atoms with Crippen LogP contribution >= 0.6 is 0 Å². The molecule has 0 saturated heterocycles. The number of nitrogens with one attached hydrogen (secondary N) is 2. The van der Waals surface area contributed by atoms with Crippen molar-refractivity contribution in [2.24, 2.45) is 4.99 Å². The van der Waals surface area contributed by atoms with Crippen LogP contribution in [0.2, 0.25) is 0 Å². The summed E-state index contributed by atoms with van der Waals surface area (Å²) in [6.07, 6.45) is 0. The predicted octanol–water partition coefficient (Wildman–Crippen LogP) is 2.82. The Morgan fingerprint density at radius 3 is 2.55 bits per heavy atom. The Labute approximate surface area is 130 Å². The SMILES string of the molecule is Cc1ccc2c(c1)S(=O)(=O)NC(=NC(C)c1ccccc1)N2. The van der Waals surface area contributed by atoms with E-state index in [1.54, 1.807) is 12.1 Å². The molecule has 2 aromatic carbocycles. The molecule has 0 aromatic heterocycles. The van der Waals surface area contributed by atoms with E-state index in [-0.39, 0.29) is 16.9 Å². The van der Waals surface area contributed by atoms with Crippen LogP contribution in [0.5, 0.6) is 0 Å². The lowest BCUT2D eigenvalue weighted by Crippen LogP contribution is -2.41. The van der Waals surface area contributed by atoms with E-state index in [4.69, 9.17) is 0 Å². The van der Waals surface area contributed by atoms with Gasteiger partial charge in [-0.05, 0) is 37.1 Å². The molecule has 0 saturated carbocycles. The number of hydrogen-bond donors (Lipinski definition) is 2. The van der Waals surface area contributed by atoms with Gasteiger partial charge in [0, 0.05) is 0 Å². The summed E-state index contributed by atoms with van der Waals surface area (Å²) < 4.78 is 27.1. The van der Waals surface area contributed by atoms with Crippen LogP contribution in [-0.4, -0.2) is 14.4 Å². The van der Waals surface area contributed by atoms with Gasteiger partial charge in [-0.2, -0.15) is 0 Å². The largest absolute Gasteiger partial charge is 0.324 e. The molecule has 0 spiro atoms. The van der Waals surface area contributed by atoms with Crippen molar-refractivity contribution in [1.29, 1.82) is 0 Å². The molecule has 22 heavy (non-hydrogen) atoms. The lowest BCUT2D eigenvalue weighted by Gasteiger charge is -2.22. The minimum atomic E-state index is -3.58. The normalized spacial score (nSPS) is 18.9. The molecule has 0 bridgehead atoms. The summed E-state index contributed by atoms with van der Waals surface area (Å²) in [7, 11) is -3.58. The molecule has 1 aliphatic heterocycles. The summed E-state index contributed by atoms with van der Waals surface area (Å²) in [6.45, 7) is 3.78. The fraction of sp³-hybridized carbons (Fsp3) is 0.188. The Bertz CT molecular complexity index is 830. The van der Waals surface area contributed by atoms with Gasteiger partial charge in [0.1, 0.15) is 4.90 Å². The number of sulfonamides is 1. The number of guanidine groups is 1. The van der Waals surface area contributed by atoms with E-state index < -0.39 is 10.0 Å². The minimum absolute atomic E-state index is 0.154. The zero-order valence-electron chi connectivity index (χ0n) is 12.4. The highest BCUT2D eigenvalue weighted by atomic mass is 32.2. The van der Waals surface area contributed by atoms with Gasteiger partial charge >= 0.3 is 0 Å². The van der Waals surface area contributed by atoms with E-state index in [2.05, 4.69) is 15.0 Å². The van der Waals surface area contributed by atoms with Crippen LogP contribution in [0.3, 0.4) is 0 Å². The summed E-state index contributed by atoms with van der Waals surface area (Å²) in [4.78, 5) is 4.69. The molecule has 0 amide bonds. The number of aliphatic imine (C=N–C) groups is 1. The van der Waals surface area contributed by atoms with Crippen LogP contribution in [0.1, 0.15) is 24.1 Å². The molecule has 3 rings (SSSR count). The van der Waals surface area contributed by atoms with E-state index in [0.717, 1.165) is 11.1 Å². The smallest absolute Gasteiger partial charge is 0.266 e. The maximum Gasteiger partial charge on any atom is 0.266 e. The molecule has 0 aliphatic carbocycles. The summed E-state index contributed by atoms with van der Waals surface area (Å²) in [5.41, 5.74) is 2.46. The molecular weight excluding hydrogens is 298 g/mol. The molecule has 2 aromatic rings. The van der Waals surface area contributed by atoms with Crippen molar-refractivity contribution < 1.29 is 8.42 Å². The number of fused-ring (bicyclic) bond motifs is 1. The lowest BCUT2D eigenvalue weighted by atomic mass is 10.1. The average Bonchev–Trinajstić information content (AvgIpc) is 2.48. The van der Waals surface area contributed by atoms with Crippen LogP contribution < -0.4 is 10.0 Å². The van der Waals surface area contributed by atoms with Crippen molar-refractivity contribution in [2.45, 2.75) is 24.8 Å². The highest BCUT2D eigenvalue weighted by Crippen LogP contribution is 2.26. The number of benzene rings is 2. The third-order valence-electron chi connectivity index (χ3n) is 3.52. The predicted molar refractivity (Wildman–Crippen MR) is 87.4 cm³/mol. The van der Waals surface area contributed by atoms with Crippen molar-refractivity contribution in [2.75, 3.05) is 5.32 Å². The van der Waals surface area contributed by atoms with Crippen LogP contribution in [-0.2, 0) is 10.0 Å². The second kappa shape index (κ2) is 5.46. The standard InChI is InChI=1S/C16H17N3O2S/c1-11-8-9-14-15(10-11)22(20,21)19-16(18-14)17-12(2)13-6-4-3-5-7-13/h3-10,12H,1-2H3,(H2,17,18,19). The van der Waals surface area contributed by atoms with Gasteiger partial charge < -0.3 is 5.32 Å². The van der Waals surface area contributed by atoms with Gasteiger partial charge in [0.05, 0.1) is 11.7 Å². The first-order valence-electron chi connectivity index (χ1n) is 6.99. The van der Waals surface area contributed by atoms with Crippen molar-refractivity contribution >= 4 is 21.7 Å². The third kappa shape index (κ3) is 2.82. The Kier molecular flexibility index (Phi) is 3.62. The van der Waals surface area contributed by atoms with Crippen molar-refractivity contribution in [1.82, 2.24) is 4.72 Å². The second-order valence-corrected chi connectivity index (χ2v) is 6.95. The zero-order chi connectivity index (χ0) is 15.7. The maximum atomic E-state index is 12.3. The number of rotatable bonds is 2. The van der Waals surface area contributed by atoms with Crippen LogP contribution in [0.4, 0.5) is 5.69 Å². The fourth-order valence-corrected chi connectivity index (χ4v) is 3.57. The molecule has 0 fully saturated rings. The van der Waals surface area contributed by atoms with Crippen molar-refractivity contribution in [3.05, 3.63) is 59.7 Å². The quantitative estimate of drug-likeness (QED) is 0.895. The molecule has 1 aliphatic rings. The van der Waals surface area contributed by atoms with Gasteiger partial charge in [-0.15, -0.1) is 0 Å². The highest BCUT2D eigenvalue weighted by molar-refractivity contribution is 7.90. The van der Waals surface area contributed by atoms with Crippen LogP contribution in [0.25, 0.3) is 0 Å². The van der Waals surface area contributed by atoms with E-state index in [9.17, 15) is 8.42 Å².